The van der Waals surface area contributed by atoms with Crippen molar-refractivity contribution in [1.29, 1.82) is 0 Å². The number of likely N-dealkylation sites (tertiary alicyclic amines) is 1. The topological polar surface area (TPSA) is 116 Å². The zero-order valence-electron chi connectivity index (χ0n) is 17.2. The molecule has 0 N–H and O–H groups in total. The zero-order valence-corrected chi connectivity index (χ0v) is 17.2. The molecular weight excluding hydrogens is 382 g/mol. The van der Waals surface area contributed by atoms with Crippen LogP contribution in [0.1, 0.15) is 40.0 Å². The van der Waals surface area contributed by atoms with Gasteiger partial charge in [0, 0.05) is 25.5 Å². The first kappa shape index (κ1) is 28.0. The van der Waals surface area contributed by atoms with E-state index >= 15 is 0 Å². The summed E-state index contributed by atoms with van der Waals surface area (Å²) in [6.45, 7) is 15.0. The van der Waals surface area contributed by atoms with E-state index in [1.54, 1.807) is 11.1 Å². The molecule has 0 bridgehead atoms. The molecule has 1 aliphatic rings. The monoisotopic (exact) mass is 411 g/mol. The summed E-state index contributed by atoms with van der Waals surface area (Å²) in [5.74, 6) is -1.53. The third kappa shape index (κ3) is 17.9. The lowest BCUT2D eigenvalue weighted by molar-refractivity contribution is -0.151. The van der Waals surface area contributed by atoms with Gasteiger partial charge in [0.25, 0.3) is 0 Å². The predicted molar refractivity (Wildman–Crippen MR) is 105 cm³/mol. The van der Waals surface area contributed by atoms with Crippen LogP contribution in [-0.2, 0) is 38.2 Å². The highest BCUT2D eigenvalue weighted by molar-refractivity contribution is 5.94. The zero-order chi connectivity index (χ0) is 22.8. The molecule has 0 radical (unpaired) electrons. The first-order valence-corrected chi connectivity index (χ1v) is 8.72. The Morgan fingerprint density at radius 3 is 1.97 bits per heavy atom. The normalized spacial score (nSPS) is 11.6. The fraction of sp³-hybridized carbons (Fsp3) is 0.450. The first-order valence-electron chi connectivity index (χ1n) is 8.72. The smallest absolute Gasteiger partial charge is 0.333 e. The highest BCUT2D eigenvalue weighted by atomic mass is 16.6. The van der Waals surface area contributed by atoms with Crippen molar-refractivity contribution in [3.05, 3.63) is 37.8 Å². The van der Waals surface area contributed by atoms with Crippen molar-refractivity contribution in [1.82, 2.24) is 4.90 Å². The summed E-state index contributed by atoms with van der Waals surface area (Å²) in [4.78, 5) is 54.2. The molecule has 1 fully saturated rings. The summed E-state index contributed by atoms with van der Waals surface area (Å²) in [6, 6.07) is 0. The van der Waals surface area contributed by atoms with Crippen LogP contribution in [0.4, 0.5) is 0 Å². The van der Waals surface area contributed by atoms with E-state index in [4.69, 9.17) is 0 Å². The number of ketones is 1. The summed E-state index contributed by atoms with van der Waals surface area (Å²) in [6.07, 6.45) is 4.13. The summed E-state index contributed by atoms with van der Waals surface area (Å²) in [7, 11) is 0. The Kier molecular flexibility index (Phi) is 16.3. The number of hydrogen-bond donors (Lipinski definition) is 0. The van der Waals surface area contributed by atoms with Crippen molar-refractivity contribution in [2.45, 2.75) is 40.0 Å². The third-order valence-corrected chi connectivity index (χ3v) is 2.90. The molecular formula is C20H29NO8. The molecule has 0 saturated carbocycles. The van der Waals surface area contributed by atoms with Crippen molar-refractivity contribution < 1.29 is 38.2 Å². The minimum absolute atomic E-state index is 0.0324. The fourth-order valence-corrected chi connectivity index (χ4v) is 1.65. The van der Waals surface area contributed by atoms with Gasteiger partial charge in [-0.15, -0.1) is 0 Å². The number of esters is 3. The lowest BCUT2D eigenvalue weighted by atomic mass is 10.3. The average Bonchev–Trinajstić information content (AvgIpc) is 3.04. The third-order valence-electron chi connectivity index (χ3n) is 2.90. The van der Waals surface area contributed by atoms with Crippen LogP contribution in [0.15, 0.2) is 37.8 Å². The second kappa shape index (κ2) is 16.9. The molecule has 1 rings (SSSR count). The molecule has 1 heterocycles. The van der Waals surface area contributed by atoms with Crippen LogP contribution >= 0.6 is 0 Å². The van der Waals surface area contributed by atoms with Gasteiger partial charge in [0.2, 0.25) is 5.91 Å². The molecule has 29 heavy (non-hydrogen) atoms. The molecule has 0 spiro atoms. The van der Waals surface area contributed by atoms with Crippen molar-refractivity contribution in [2.75, 3.05) is 19.8 Å². The average molecular weight is 411 g/mol. The Morgan fingerprint density at radius 2 is 1.66 bits per heavy atom. The van der Waals surface area contributed by atoms with Crippen molar-refractivity contribution in [3.8, 4) is 0 Å². The molecule has 9 heteroatoms. The van der Waals surface area contributed by atoms with Crippen LogP contribution in [-0.4, -0.2) is 54.3 Å². The molecule has 0 aliphatic carbocycles. The minimum Gasteiger partial charge on any atom is -0.462 e. The van der Waals surface area contributed by atoms with Crippen LogP contribution < -0.4 is 0 Å². The number of Topliss-reactive ketones (excluding diaryl/α,β-unsaturated/α-hetero) is 1. The molecule has 1 amide bonds. The Labute approximate surface area is 171 Å². The lowest BCUT2D eigenvalue weighted by Crippen LogP contribution is -2.16. The highest BCUT2D eigenvalue weighted by Gasteiger charge is 2.16. The van der Waals surface area contributed by atoms with Gasteiger partial charge in [0.1, 0.15) is 25.4 Å². The van der Waals surface area contributed by atoms with Gasteiger partial charge in [-0.25, -0.2) is 4.79 Å². The van der Waals surface area contributed by atoms with E-state index in [1.807, 2.05) is 0 Å². The van der Waals surface area contributed by atoms with Crippen molar-refractivity contribution in [2.24, 2.45) is 0 Å². The predicted octanol–water partition coefficient (Wildman–Crippen LogP) is 2.07. The lowest BCUT2D eigenvalue weighted by Gasteiger charge is -2.05. The molecule has 0 atom stereocenters. The van der Waals surface area contributed by atoms with E-state index in [9.17, 15) is 24.0 Å². The van der Waals surface area contributed by atoms with E-state index in [-0.39, 0.29) is 42.9 Å². The molecule has 0 aromatic carbocycles. The van der Waals surface area contributed by atoms with E-state index in [0.29, 0.717) is 6.42 Å². The number of carbonyl (C=O) groups excluding carboxylic acids is 5. The Morgan fingerprint density at radius 1 is 1.07 bits per heavy atom. The number of rotatable bonds is 8. The van der Waals surface area contributed by atoms with Gasteiger partial charge in [-0.2, -0.15) is 0 Å². The molecule has 162 valence electrons. The summed E-state index contributed by atoms with van der Waals surface area (Å²) < 4.78 is 13.4. The van der Waals surface area contributed by atoms with Gasteiger partial charge in [0.15, 0.2) is 0 Å². The molecule has 0 aromatic rings. The first-order chi connectivity index (χ1) is 13.5. The van der Waals surface area contributed by atoms with Gasteiger partial charge in [-0.05, 0) is 26.5 Å². The van der Waals surface area contributed by atoms with Crippen molar-refractivity contribution >= 4 is 29.6 Å². The maximum atomic E-state index is 10.8. The summed E-state index contributed by atoms with van der Waals surface area (Å²) in [5, 5.41) is 0. The van der Waals surface area contributed by atoms with Crippen LogP contribution in [0.25, 0.3) is 0 Å². The highest BCUT2D eigenvalue weighted by Crippen LogP contribution is 2.08. The second-order valence-electron chi connectivity index (χ2n) is 5.66. The standard InChI is InChI=1S/C10H14O5.C6H9NO.C4H6O2/c1-7(2)10(13)15-5-4-14-9(12)6-8(3)11;1-2-7-5-3-4-6(7)8;1-3-6-4(2)5/h1,4-6H2,2-3H3;2H,1,3-5H2;3H,1H2,2H3. The van der Waals surface area contributed by atoms with Crippen LogP contribution in [0, 0.1) is 0 Å². The number of ether oxygens (including phenoxy) is 3. The molecule has 0 unspecified atom stereocenters. The Balaban J connectivity index is 0. The van der Waals surface area contributed by atoms with E-state index in [2.05, 4.69) is 33.9 Å². The molecule has 1 saturated heterocycles. The minimum atomic E-state index is -0.617. The fourth-order valence-electron chi connectivity index (χ4n) is 1.65. The Hall–Kier alpha value is -3.23. The number of hydrogen-bond acceptors (Lipinski definition) is 8. The van der Waals surface area contributed by atoms with E-state index < -0.39 is 11.9 Å². The van der Waals surface area contributed by atoms with Gasteiger partial charge < -0.3 is 19.1 Å². The SMILES string of the molecule is C=C(C)C(=O)OCCOC(=O)CC(C)=O.C=CN1CCCC1=O.C=COC(C)=O. The van der Waals surface area contributed by atoms with E-state index in [1.165, 1.54) is 20.8 Å². The van der Waals surface area contributed by atoms with E-state index in [0.717, 1.165) is 19.2 Å². The van der Waals surface area contributed by atoms with Crippen molar-refractivity contribution in [3.63, 3.8) is 0 Å². The maximum absolute atomic E-state index is 10.8. The van der Waals surface area contributed by atoms with Gasteiger partial charge in [-0.3, -0.25) is 19.2 Å². The summed E-state index contributed by atoms with van der Waals surface area (Å²) >= 11 is 0. The molecule has 1 aliphatic heterocycles. The van der Waals surface area contributed by atoms with Crippen LogP contribution in [0.3, 0.4) is 0 Å². The maximum Gasteiger partial charge on any atom is 0.333 e. The molecule has 9 nitrogen and oxygen atoms in total. The van der Waals surface area contributed by atoms with Gasteiger partial charge in [0.05, 0.1) is 6.26 Å². The Bertz CT molecular complexity index is 624. The van der Waals surface area contributed by atoms with Crippen LogP contribution in [0.2, 0.25) is 0 Å². The largest absolute Gasteiger partial charge is 0.462 e. The molecule has 0 aromatic heterocycles. The number of nitrogens with zero attached hydrogens (tertiary/aromatic N) is 1. The summed E-state index contributed by atoms with van der Waals surface area (Å²) in [5.41, 5.74) is 0.282. The van der Waals surface area contributed by atoms with Crippen LogP contribution in [0.5, 0.6) is 0 Å². The van der Waals surface area contributed by atoms with Gasteiger partial charge >= 0.3 is 17.9 Å². The van der Waals surface area contributed by atoms with Gasteiger partial charge in [-0.1, -0.05) is 19.7 Å². The number of amides is 1. The second-order valence-corrected chi connectivity index (χ2v) is 5.66. The quantitative estimate of drug-likeness (QED) is 0.149. The number of carbonyl (C=O) groups is 5.